The third kappa shape index (κ3) is 1.49. The van der Waals surface area contributed by atoms with Crippen molar-refractivity contribution in [3.05, 3.63) is 0 Å². The molecule has 13 heavy (non-hydrogen) atoms. The third-order valence-corrected chi connectivity index (χ3v) is 3.27. The molecule has 2 aliphatic heterocycles. The van der Waals surface area contributed by atoms with E-state index in [1.54, 1.807) is 0 Å². The van der Waals surface area contributed by atoms with E-state index in [-0.39, 0.29) is 11.9 Å². The van der Waals surface area contributed by atoms with Crippen LogP contribution in [-0.4, -0.2) is 31.2 Å². The van der Waals surface area contributed by atoms with Crippen LogP contribution in [0.25, 0.3) is 0 Å². The van der Waals surface area contributed by atoms with Crippen molar-refractivity contribution in [2.24, 2.45) is 0 Å². The second-order valence-electron chi connectivity index (χ2n) is 4.31. The first-order chi connectivity index (χ1) is 6.38. The average Bonchev–Trinajstić information content (AvgIpc) is 2.93. The van der Waals surface area contributed by atoms with Gasteiger partial charge in [-0.2, -0.15) is 0 Å². The fraction of sp³-hybridized carbons (Fsp3) is 1.00. The Bertz CT molecular complexity index is 194. The van der Waals surface area contributed by atoms with Gasteiger partial charge >= 0.3 is 0 Å². The second-order valence-corrected chi connectivity index (χ2v) is 4.31. The molecule has 74 valence electrons. The number of rotatable bonds is 1. The molecule has 2 saturated heterocycles. The monoisotopic (exact) mass is 184 g/mol. The van der Waals surface area contributed by atoms with E-state index in [0.717, 1.165) is 26.1 Å². The molecule has 1 saturated carbocycles. The smallest absolute Gasteiger partial charge is 0.169 e. The maximum atomic E-state index is 5.97. The first-order valence-electron chi connectivity index (χ1n) is 5.31. The Kier molecular flexibility index (Phi) is 1.86. The molecule has 0 aromatic heterocycles. The first-order valence-corrected chi connectivity index (χ1v) is 5.31. The molecule has 1 spiro atoms. The predicted octanol–water partition coefficient (Wildman–Crippen LogP) is 1.46. The predicted molar refractivity (Wildman–Crippen MR) is 46.4 cm³/mol. The van der Waals surface area contributed by atoms with Gasteiger partial charge in [0, 0.05) is 12.8 Å². The summed E-state index contributed by atoms with van der Waals surface area (Å²) in [5, 5.41) is 0. The quantitative estimate of drug-likeness (QED) is 0.578. The van der Waals surface area contributed by atoms with Crippen LogP contribution in [-0.2, 0) is 14.2 Å². The molecule has 0 radical (unpaired) electrons. The zero-order chi connectivity index (χ0) is 8.73. The Morgan fingerprint density at radius 1 is 0.923 bits per heavy atom. The van der Waals surface area contributed by atoms with Gasteiger partial charge in [-0.15, -0.1) is 0 Å². The van der Waals surface area contributed by atoms with E-state index in [9.17, 15) is 0 Å². The standard InChI is InChI=1S/C10H16O3/c1-2-4-10(5-3-1)12-7-9(13-10)8-6-11-8/h8-9H,1-7H2/t8?,9-/m0/s1. The van der Waals surface area contributed by atoms with Gasteiger partial charge in [-0.25, -0.2) is 0 Å². The van der Waals surface area contributed by atoms with Crippen molar-refractivity contribution in [3.63, 3.8) is 0 Å². The van der Waals surface area contributed by atoms with Crippen molar-refractivity contribution in [2.75, 3.05) is 13.2 Å². The van der Waals surface area contributed by atoms with Crippen LogP contribution in [0, 0.1) is 0 Å². The van der Waals surface area contributed by atoms with Crippen LogP contribution in [0.2, 0.25) is 0 Å². The summed E-state index contributed by atoms with van der Waals surface area (Å²) in [7, 11) is 0. The summed E-state index contributed by atoms with van der Waals surface area (Å²) in [6.45, 7) is 1.61. The molecule has 3 aliphatic rings. The van der Waals surface area contributed by atoms with Crippen LogP contribution >= 0.6 is 0 Å². The Morgan fingerprint density at radius 2 is 1.69 bits per heavy atom. The lowest BCUT2D eigenvalue weighted by atomic mass is 9.94. The fourth-order valence-corrected chi connectivity index (χ4v) is 2.38. The minimum Gasteiger partial charge on any atom is -0.370 e. The van der Waals surface area contributed by atoms with Gasteiger partial charge in [-0.3, -0.25) is 0 Å². The van der Waals surface area contributed by atoms with E-state index in [0.29, 0.717) is 6.10 Å². The van der Waals surface area contributed by atoms with Gasteiger partial charge in [-0.1, -0.05) is 6.42 Å². The van der Waals surface area contributed by atoms with Crippen molar-refractivity contribution in [1.82, 2.24) is 0 Å². The maximum Gasteiger partial charge on any atom is 0.169 e. The Labute approximate surface area is 78.3 Å². The minimum atomic E-state index is -0.213. The lowest BCUT2D eigenvalue weighted by molar-refractivity contribution is -0.188. The second kappa shape index (κ2) is 2.94. The normalized spacial score (nSPS) is 42.5. The zero-order valence-corrected chi connectivity index (χ0v) is 7.83. The maximum absolute atomic E-state index is 5.97. The topological polar surface area (TPSA) is 31.0 Å². The lowest BCUT2D eigenvalue weighted by Crippen LogP contribution is -2.34. The van der Waals surface area contributed by atoms with E-state index in [1.165, 1.54) is 19.3 Å². The molecule has 3 nitrogen and oxygen atoms in total. The Balaban J connectivity index is 1.64. The number of hydrogen-bond donors (Lipinski definition) is 0. The Hall–Kier alpha value is -0.120. The summed E-state index contributed by atoms with van der Waals surface area (Å²) in [4.78, 5) is 0. The van der Waals surface area contributed by atoms with Crippen LogP contribution < -0.4 is 0 Å². The largest absolute Gasteiger partial charge is 0.370 e. The molecule has 0 aromatic carbocycles. The van der Waals surface area contributed by atoms with Crippen molar-refractivity contribution in [3.8, 4) is 0 Å². The summed E-state index contributed by atoms with van der Waals surface area (Å²) >= 11 is 0. The highest BCUT2D eigenvalue weighted by molar-refractivity contribution is 4.89. The molecule has 2 heterocycles. The van der Waals surface area contributed by atoms with Crippen LogP contribution in [0.4, 0.5) is 0 Å². The summed E-state index contributed by atoms with van der Waals surface area (Å²) in [5.41, 5.74) is 0. The van der Waals surface area contributed by atoms with Gasteiger partial charge in [-0.05, 0) is 12.8 Å². The number of ether oxygens (including phenoxy) is 3. The van der Waals surface area contributed by atoms with Crippen molar-refractivity contribution >= 4 is 0 Å². The van der Waals surface area contributed by atoms with E-state index >= 15 is 0 Å². The molecule has 0 bridgehead atoms. The van der Waals surface area contributed by atoms with Gasteiger partial charge in [0.1, 0.15) is 12.2 Å². The summed E-state index contributed by atoms with van der Waals surface area (Å²) in [5.74, 6) is -0.213. The first kappa shape index (κ1) is 8.21. The van der Waals surface area contributed by atoms with Crippen molar-refractivity contribution in [1.29, 1.82) is 0 Å². The molecule has 3 heteroatoms. The molecule has 1 unspecified atom stereocenters. The zero-order valence-electron chi connectivity index (χ0n) is 7.83. The van der Waals surface area contributed by atoms with Gasteiger partial charge in [0.15, 0.2) is 5.79 Å². The van der Waals surface area contributed by atoms with E-state index in [1.807, 2.05) is 0 Å². The van der Waals surface area contributed by atoms with Crippen molar-refractivity contribution < 1.29 is 14.2 Å². The van der Waals surface area contributed by atoms with Crippen LogP contribution in [0.3, 0.4) is 0 Å². The Morgan fingerprint density at radius 3 is 2.38 bits per heavy atom. The molecule has 0 amide bonds. The van der Waals surface area contributed by atoms with E-state index in [2.05, 4.69) is 0 Å². The molecule has 2 atom stereocenters. The van der Waals surface area contributed by atoms with E-state index in [4.69, 9.17) is 14.2 Å². The van der Waals surface area contributed by atoms with Gasteiger partial charge in [0.2, 0.25) is 0 Å². The van der Waals surface area contributed by atoms with Gasteiger partial charge in [0.05, 0.1) is 13.2 Å². The van der Waals surface area contributed by atoms with Crippen molar-refractivity contribution in [2.45, 2.75) is 50.1 Å². The highest BCUT2D eigenvalue weighted by Gasteiger charge is 2.48. The van der Waals surface area contributed by atoms with E-state index < -0.39 is 0 Å². The third-order valence-electron chi connectivity index (χ3n) is 3.27. The van der Waals surface area contributed by atoms with Crippen LogP contribution in [0.1, 0.15) is 32.1 Å². The molecular formula is C10H16O3. The van der Waals surface area contributed by atoms with Crippen LogP contribution in [0.15, 0.2) is 0 Å². The van der Waals surface area contributed by atoms with Gasteiger partial charge in [0.25, 0.3) is 0 Å². The summed E-state index contributed by atoms with van der Waals surface area (Å²) < 4.78 is 17.0. The summed E-state index contributed by atoms with van der Waals surface area (Å²) in [6.07, 6.45) is 6.54. The average molecular weight is 184 g/mol. The molecule has 3 fully saturated rings. The highest BCUT2D eigenvalue weighted by Crippen LogP contribution is 2.40. The molecular weight excluding hydrogens is 168 g/mol. The molecule has 0 aromatic rings. The SMILES string of the molecule is C1CCC2(CC1)OC[C@@H](C1CO1)O2. The number of epoxide rings is 1. The lowest BCUT2D eigenvalue weighted by Gasteiger charge is -2.31. The fourth-order valence-electron chi connectivity index (χ4n) is 2.38. The minimum absolute atomic E-state index is 0.213. The number of hydrogen-bond acceptors (Lipinski definition) is 3. The van der Waals surface area contributed by atoms with Gasteiger partial charge < -0.3 is 14.2 Å². The highest BCUT2D eigenvalue weighted by atomic mass is 16.8. The molecule has 1 aliphatic carbocycles. The van der Waals surface area contributed by atoms with Crippen LogP contribution in [0.5, 0.6) is 0 Å². The summed E-state index contributed by atoms with van der Waals surface area (Å²) in [6, 6.07) is 0. The molecule has 3 rings (SSSR count). The molecule has 0 N–H and O–H groups in total.